The fraction of sp³-hybridized carbons (Fsp3) is 0.0714. The van der Waals surface area contributed by atoms with Gasteiger partial charge in [-0.15, -0.1) is 0 Å². The van der Waals surface area contributed by atoms with Crippen LogP contribution in [0.1, 0.15) is 5.82 Å². The number of nitrogens with zero attached hydrogens (tertiary/aromatic N) is 2. The number of benzene rings is 1. The van der Waals surface area contributed by atoms with Crippen LogP contribution in [-0.2, 0) is 6.54 Å². The topological polar surface area (TPSA) is 82.7 Å². The maximum Gasteiger partial charge on any atom is 0.319 e. The molecule has 2 heterocycles. The average Bonchev–Trinajstić information content (AvgIpc) is 2.99. The third-order valence-corrected chi connectivity index (χ3v) is 2.90. The molecular formula is C14H13N5O. The third-order valence-electron chi connectivity index (χ3n) is 2.90. The molecule has 3 N–H and O–H groups in total. The number of aromatic nitrogens is 3. The summed E-state index contributed by atoms with van der Waals surface area (Å²) in [6.45, 7) is 0.352. The lowest BCUT2D eigenvalue weighted by Gasteiger charge is -2.09. The molecule has 0 atom stereocenters. The van der Waals surface area contributed by atoms with Crippen molar-refractivity contribution in [1.29, 1.82) is 0 Å². The van der Waals surface area contributed by atoms with Crippen LogP contribution in [0, 0.1) is 0 Å². The van der Waals surface area contributed by atoms with Crippen LogP contribution in [-0.4, -0.2) is 21.0 Å². The summed E-state index contributed by atoms with van der Waals surface area (Å²) in [6, 6.07) is 7.29. The lowest BCUT2D eigenvalue weighted by Crippen LogP contribution is -2.28. The highest BCUT2D eigenvalue weighted by Crippen LogP contribution is 2.21. The molecule has 1 aromatic carbocycles. The highest BCUT2D eigenvalue weighted by atomic mass is 16.2. The molecule has 20 heavy (non-hydrogen) atoms. The van der Waals surface area contributed by atoms with Crippen LogP contribution < -0.4 is 10.6 Å². The number of rotatable bonds is 3. The Labute approximate surface area is 115 Å². The number of aromatic amines is 1. The fourth-order valence-corrected chi connectivity index (χ4v) is 1.96. The van der Waals surface area contributed by atoms with Gasteiger partial charge in [0.25, 0.3) is 0 Å². The molecule has 100 valence electrons. The van der Waals surface area contributed by atoms with Gasteiger partial charge < -0.3 is 15.6 Å². The van der Waals surface area contributed by atoms with Gasteiger partial charge in [-0.3, -0.25) is 4.98 Å². The molecule has 0 radical (unpaired) electrons. The molecule has 0 saturated heterocycles. The van der Waals surface area contributed by atoms with E-state index in [4.69, 9.17) is 0 Å². The lowest BCUT2D eigenvalue weighted by molar-refractivity contribution is 0.251. The average molecular weight is 267 g/mol. The Morgan fingerprint density at radius 1 is 1.25 bits per heavy atom. The van der Waals surface area contributed by atoms with Gasteiger partial charge in [0.05, 0.1) is 12.2 Å². The van der Waals surface area contributed by atoms with Gasteiger partial charge in [0.2, 0.25) is 0 Å². The van der Waals surface area contributed by atoms with Crippen LogP contribution in [0.4, 0.5) is 10.5 Å². The van der Waals surface area contributed by atoms with E-state index in [9.17, 15) is 4.79 Å². The number of imidazole rings is 1. The van der Waals surface area contributed by atoms with Crippen molar-refractivity contribution in [2.45, 2.75) is 6.54 Å². The SMILES string of the molecule is O=C(NCc1ncc[nH]1)Nc1cccc2cnccc12. The van der Waals surface area contributed by atoms with E-state index in [0.717, 1.165) is 16.5 Å². The van der Waals surface area contributed by atoms with Crippen molar-refractivity contribution >= 4 is 22.5 Å². The van der Waals surface area contributed by atoms with E-state index in [2.05, 4.69) is 25.6 Å². The van der Waals surface area contributed by atoms with Gasteiger partial charge in [-0.1, -0.05) is 12.1 Å². The number of H-pyrrole nitrogens is 1. The maximum atomic E-state index is 11.9. The predicted molar refractivity (Wildman–Crippen MR) is 76.2 cm³/mol. The Bertz CT molecular complexity index is 718. The zero-order chi connectivity index (χ0) is 13.8. The van der Waals surface area contributed by atoms with E-state index in [1.165, 1.54) is 0 Å². The lowest BCUT2D eigenvalue weighted by atomic mass is 10.1. The summed E-state index contributed by atoms with van der Waals surface area (Å²) in [4.78, 5) is 22.9. The van der Waals surface area contributed by atoms with Crippen molar-refractivity contribution in [2.75, 3.05) is 5.32 Å². The van der Waals surface area contributed by atoms with Crippen LogP contribution in [0.3, 0.4) is 0 Å². The van der Waals surface area contributed by atoms with E-state index in [1.807, 2.05) is 24.3 Å². The number of pyridine rings is 1. The number of urea groups is 1. The fourth-order valence-electron chi connectivity index (χ4n) is 1.96. The van der Waals surface area contributed by atoms with Gasteiger partial charge in [-0.2, -0.15) is 0 Å². The number of hydrogen-bond donors (Lipinski definition) is 3. The van der Waals surface area contributed by atoms with Crippen molar-refractivity contribution in [3.8, 4) is 0 Å². The molecular weight excluding hydrogens is 254 g/mol. The zero-order valence-corrected chi connectivity index (χ0v) is 10.6. The first-order valence-corrected chi connectivity index (χ1v) is 6.19. The first kappa shape index (κ1) is 12.2. The van der Waals surface area contributed by atoms with Crippen LogP contribution in [0.15, 0.2) is 49.1 Å². The van der Waals surface area contributed by atoms with E-state index < -0.39 is 0 Å². The second-order valence-corrected chi connectivity index (χ2v) is 4.25. The number of carbonyl (C=O) groups excluding carboxylic acids is 1. The maximum absolute atomic E-state index is 11.9. The highest BCUT2D eigenvalue weighted by Gasteiger charge is 2.05. The smallest absolute Gasteiger partial charge is 0.319 e. The summed E-state index contributed by atoms with van der Waals surface area (Å²) in [7, 11) is 0. The van der Waals surface area contributed by atoms with Crippen LogP contribution in [0.5, 0.6) is 0 Å². The number of carbonyl (C=O) groups is 1. The highest BCUT2D eigenvalue weighted by molar-refractivity contribution is 6.01. The van der Waals surface area contributed by atoms with Gasteiger partial charge in [0.1, 0.15) is 5.82 Å². The normalized spacial score (nSPS) is 10.4. The monoisotopic (exact) mass is 267 g/mol. The van der Waals surface area contributed by atoms with E-state index >= 15 is 0 Å². The largest absolute Gasteiger partial charge is 0.347 e. The number of anilines is 1. The Balaban J connectivity index is 1.71. The predicted octanol–water partition coefficient (Wildman–Crippen LogP) is 2.28. The Hall–Kier alpha value is -2.89. The molecule has 2 aromatic heterocycles. The van der Waals surface area contributed by atoms with Crippen molar-refractivity contribution in [2.24, 2.45) is 0 Å². The Morgan fingerprint density at radius 3 is 3.05 bits per heavy atom. The zero-order valence-electron chi connectivity index (χ0n) is 10.6. The van der Waals surface area contributed by atoms with Gasteiger partial charge in [0, 0.05) is 35.6 Å². The van der Waals surface area contributed by atoms with Crippen LogP contribution in [0.2, 0.25) is 0 Å². The molecule has 0 fully saturated rings. The minimum absolute atomic E-state index is 0.272. The van der Waals surface area contributed by atoms with Crippen molar-refractivity contribution in [3.05, 3.63) is 54.9 Å². The van der Waals surface area contributed by atoms with Gasteiger partial charge in [-0.05, 0) is 12.1 Å². The molecule has 3 rings (SSSR count). The summed E-state index contributed by atoms with van der Waals surface area (Å²) in [5.74, 6) is 0.710. The second kappa shape index (κ2) is 5.40. The first-order valence-electron chi connectivity index (χ1n) is 6.19. The molecule has 6 nitrogen and oxygen atoms in total. The summed E-state index contributed by atoms with van der Waals surface area (Å²) in [5.41, 5.74) is 0.752. The van der Waals surface area contributed by atoms with Crippen LogP contribution in [0.25, 0.3) is 10.8 Å². The van der Waals surface area contributed by atoms with Crippen molar-refractivity contribution < 1.29 is 4.79 Å². The van der Waals surface area contributed by atoms with Crippen LogP contribution >= 0.6 is 0 Å². The number of fused-ring (bicyclic) bond motifs is 1. The Morgan fingerprint density at radius 2 is 2.20 bits per heavy atom. The van der Waals surface area contributed by atoms with Gasteiger partial charge >= 0.3 is 6.03 Å². The summed E-state index contributed by atoms with van der Waals surface area (Å²) in [5, 5.41) is 7.50. The molecule has 0 bridgehead atoms. The minimum Gasteiger partial charge on any atom is -0.347 e. The molecule has 0 saturated carbocycles. The van der Waals surface area contributed by atoms with Gasteiger partial charge in [-0.25, -0.2) is 9.78 Å². The Kier molecular flexibility index (Phi) is 3.28. The van der Waals surface area contributed by atoms with Gasteiger partial charge in [0.15, 0.2) is 0 Å². The van der Waals surface area contributed by atoms with E-state index in [0.29, 0.717) is 12.4 Å². The molecule has 0 aliphatic carbocycles. The van der Waals surface area contributed by atoms with Crippen molar-refractivity contribution in [3.63, 3.8) is 0 Å². The molecule has 0 aliphatic heterocycles. The quantitative estimate of drug-likeness (QED) is 0.680. The summed E-state index contributed by atoms with van der Waals surface area (Å²) >= 11 is 0. The summed E-state index contributed by atoms with van der Waals surface area (Å²) < 4.78 is 0. The molecule has 0 aliphatic rings. The molecule has 2 amide bonds. The third kappa shape index (κ3) is 2.59. The second-order valence-electron chi connectivity index (χ2n) is 4.25. The number of nitrogens with one attached hydrogen (secondary N) is 3. The molecule has 6 heteroatoms. The van der Waals surface area contributed by atoms with E-state index in [-0.39, 0.29) is 6.03 Å². The standard InChI is InChI=1S/C14H13N5O/c20-14(18-9-13-16-6-7-17-13)19-12-3-1-2-10-8-15-5-4-11(10)12/h1-8H,9H2,(H,16,17)(H2,18,19,20). The number of amides is 2. The van der Waals surface area contributed by atoms with E-state index in [1.54, 1.807) is 24.8 Å². The first-order chi connectivity index (χ1) is 9.83. The van der Waals surface area contributed by atoms with Crippen molar-refractivity contribution in [1.82, 2.24) is 20.3 Å². The summed E-state index contributed by atoms with van der Waals surface area (Å²) in [6.07, 6.45) is 6.83. The molecule has 3 aromatic rings. The molecule has 0 spiro atoms. The number of hydrogen-bond acceptors (Lipinski definition) is 3. The molecule has 0 unspecified atom stereocenters. The minimum atomic E-state index is -0.272.